The fourth-order valence-electron chi connectivity index (χ4n) is 2.16. The van der Waals surface area contributed by atoms with Crippen LogP contribution in [0.4, 0.5) is 0 Å². The van der Waals surface area contributed by atoms with Gasteiger partial charge < -0.3 is 4.90 Å². The molecule has 3 nitrogen and oxygen atoms in total. The predicted octanol–water partition coefficient (Wildman–Crippen LogP) is 1.53. The molecule has 0 aliphatic carbocycles. The van der Waals surface area contributed by atoms with Gasteiger partial charge >= 0.3 is 0 Å². The van der Waals surface area contributed by atoms with E-state index in [0.29, 0.717) is 19.6 Å². The second kappa shape index (κ2) is 6.77. The van der Waals surface area contributed by atoms with E-state index in [0.717, 1.165) is 13.0 Å². The van der Waals surface area contributed by atoms with Crippen LogP contribution in [-0.2, 0) is 4.79 Å². The molecule has 0 atom stereocenters. The lowest BCUT2D eigenvalue weighted by Crippen LogP contribution is -2.40. The van der Waals surface area contributed by atoms with Crippen molar-refractivity contribution < 1.29 is 4.79 Å². The SMILES string of the molecule is C#CCNCC(=O)N1CC=C(c2ccccc2)CC1. The van der Waals surface area contributed by atoms with Gasteiger partial charge in [0.25, 0.3) is 0 Å². The van der Waals surface area contributed by atoms with Gasteiger partial charge in [0.05, 0.1) is 13.1 Å². The molecule has 0 saturated heterocycles. The van der Waals surface area contributed by atoms with Crippen molar-refractivity contribution in [3.05, 3.63) is 42.0 Å². The topological polar surface area (TPSA) is 32.3 Å². The number of hydrogen-bond acceptors (Lipinski definition) is 2. The third kappa shape index (κ3) is 3.70. The van der Waals surface area contributed by atoms with Crippen LogP contribution in [0.25, 0.3) is 5.57 Å². The van der Waals surface area contributed by atoms with Crippen molar-refractivity contribution in [1.29, 1.82) is 0 Å². The molecule has 0 fully saturated rings. The molecule has 0 aromatic heterocycles. The van der Waals surface area contributed by atoms with E-state index in [1.54, 1.807) is 0 Å². The summed E-state index contributed by atoms with van der Waals surface area (Å²) in [7, 11) is 0. The van der Waals surface area contributed by atoms with Gasteiger partial charge in [-0.3, -0.25) is 10.1 Å². The Morgan fingerprint density at radius 2 is 2.16 bits per heavy atom. The number of amides is 1. The normalized spacial score (nSPS) is 14.7. The summed E-state index contributed by atoms with van der Waals surface area (Å²) in [5.41, 5.74) is 2.57. The van der Waals surface area contributed by atoms with Crippen molar-refractivity contribution in [2.45, 2.75) is 6.42 Å². The molecule has 1 aromatic rings. The molecule has 1 N–H and O–H groups in total. The summed E-state index contributed by atoms with van der Waals surface area (Å²) in [5, 5.41) is 2.93. The van der Waals surface area contributed by atoms with Crippen molar-refractivity contribution >= 4 is 11.5 Å². The van der Waals surface area contributed by atoms with Gasteiger partial charge in [-0.2, -0.15) is 0 Å². The maximum absolute atomic E-state index is 11.9. The van der Waals surface area contributed by atoms with Crippen molar-refractivity contribution in [3.8, 4) is 12.3 Å². The fraction of sp³-hybridized carbons (Fsp3) is 0.312. The molecule has 0 saturated carbocycles. The van der Waals surface area contributed by atoms with Crippen molar-refractivity contribution in [2.24, 2.45) is 0 Å². The van der Waals surface area contributed by atoms with Crippen molar-refractivity contribution in [3.63, 3.8) is 0 Å². The van der Waals surface area contributed by atoms with Crippen molar-refractivity contribution in [1.82, 2.24) is 10.2 Å². The Labute approximate surface area is 114 Å². The molecule has 19 heavy (non-hydrogen) atoms. The first-order chi connectivity index (χ1) is 9.31. The highest BCUT2D eigenvalue weighted by Crippen LogP contribution is 2.21. The molecule has 0 unspecified atom stereocenters. The fourth-order valence-corrected chi connectivity index (χ4v) is 2.16. The summed E-state index contributed by atoms with van der Waals surface area (Å²) in [6.45, 7) is 2.21. The molecule has 0 radical (unpaired) electrons. The van der Waals surface area contributed by atoms with Crippen LogP contribution in [0.1, 0.15) is 12.0 Å². The number of nitrogens with one attached hydrogen (secondary N) is 1. The van der Waals surface area contributed by atoms with E-state index in [1.165, 1.54) is 11.1 Å². The summed E-state index contributed by atoms with van der Waals surface area (Å²) < 4.78 is 0. The van der Waals surface area contributed by atoms with E-state index >= 15 is 0 Å². The summed E-state index contributed by atoms with van der Waals surface area (Å²) in [5.74, 6) is 2.57. The average Bonchev–Trinajstić information content (AvgIpc) is 2.48. The van der Waals surface area contributed by atoms with Gasteiger partial charge in [0.2, 0.25) is 5.91 Å². The Kier molecular flexibility index (Phi) is 4.77. The van der Waals surface area contributed by atoms with Gasteiger partial charge in [0.1, 0.15) is 0 Å². The zero-order valence-corrected chi connectivity index (χ0v) is 10.9. The third-order valence-electron chi connectivity index (χ3n) is 3.21. The number of rotatable bonds is 4. The maximum Gasteiger partial charge on any atom is 0.236 e. The second-order valence-corrected chi connectivity index (χ2v) is 4.49. The molecule has 1 heterocycles. The Bertz CT molecular complexity index is 499. The van der Waals surface area contributed by atoms with Gasteiger partial charge in [-0.1, -0.05) is 42.3 Å². The van der Waals surface area contributed by atoms with Gasteiger partial charge in [-0.05, 0) is 17.6 Å². The lowest BCUT2D eigenvalue weighted by molar-refractivity contribution is -0.129. The number of carbonyl (C=O) groups excluding carboxylic acids is 1. The zero-order chi connectivity index (χ0) is 13.5. The summed E-state index contributed by atoms with van der Waals surface area (Å²) in [6.07, 6.45) is 8.17. The molecular formula is C16H18N2O. The lowest BCUT2D eigenvalue weighted by atomic mass is 9.99. The van der Waals surface area contributed by atoms with E-state index in [9.17, 15) is 4.79 Å². The Hall–Kier alpha value is -2.05. The quantitative estimate of drug-likeness (QED) is 0.653. The zero-order valence-electron chi connectivity index (χ0n) is 10.9. The van der Waals surface area contributed by atoms with Crippen LogP contribution in [0.2, 0.25) is 0 Å². The lowest BCUT2D eigenvalue weighted by Gasteiger charge is -2.26. The number of carbonyl (C=O) groups is 1. The first-order valence-corrected chi connectivity index (χ1v) is 6.47. The Morgan fingerprint density at radius 1 is 1.37 bits per heavy atom. The smallest absolute Gasteiger partial charge is 0.236 e. The van der Waals surface area contributed by atoms with Gasteiger partial charge in [0, 0.05) is 13.1 Å². The predicted molar refractivity (Wildman–Crippen MR) is 77.3 cm³/mol. The van der Waals surface area contributed by atoms with Gasteiger partial charge in [0.15, 0.2) is 0 Å². The molecular weight excluding hydrogens is 236 g/mol. The highest BCUT2D eigenvalue weighted by Gasteiger charge is 2.17. The minimum atomic E-state index is 0.110. The Balaban J connectivity index is 1.89. The van der Waals surface area contributed by atoms with Gasteiger partial charge in [-0.25, -0.2) is 0 Å². The number of nitrogens with zero attached hydrogens (tertiary/aromatic N) is 1. The Morgan fingerprint density at radius 3 is 2.79 bits per heavy atom. The van der Waals surface area contributed by atoms with E-state index in [-0.39, 0.29) is 5.91 Å². The molecule has 1 amide bonds. The highest BCUT2D eigenvalue weighted by atomic mass is 16.2. The molecule has 2 rings (SSSR count). The minimum Gasteiger partial charge on any atom is -0.338 e. The highest BCUT2D eigenvalue weighted by molar-refractivity contribution is 5.80. The van der Waals surface area contributed by atoms with Gasteiger partial charge in [-0.15, -0.1) is 6.42 Å². The molecule has 3 heteroatoms. The third-order valence-corrected chi connectivity index (χ3v) is 3.21. The first kappa shape index (κ1) is 13.4. The maximum atomic E-state index is 11.9. The largest absolute Gasteiger partial charge is 0.338 e. The van der Waals surface area contributed by atoms with E-state index in [4.69, 9.17) is 6.42 Å². The standard InChI is InChI=1S/C16H18N2O/c1-2-10-17-13-16(19)18-11-8-15(9-12-18)14-6-4-3-5-7-14/h1,3-8,17H,9-13H2. The molecule has 1 aliphatic rings. The van der Waals surface area contributed by atoms with Crippen LogP contribution < -0.4 is 5.32 Å². The van der Waals surface area contributed by atoms with Crippen LogP contribution in [0.15, 0.2) is 36.4 Å². The van der Waals surface area contributed by atoms with E-state index in [1.807, 2.05) is 23.1 Å². The minimum absolute atomic E-state index is 0.110. The molecule has 98 valence electrons. The number of hydrogen-bond donors (Lipinski definition) is 1. The summed E-state index contributed by atoms with van der Waals surface area (Å²) in [6, 6.07) is 10.3. The van der Waals surface area contributed by atoms with E-state index < -0.39 is 0 Å². The van der Waals surface area contributed by atoms with Crippen LogP contribution in [0.3, 0.4) is 0 Å². The van der Waals surface area contributed by atoms with Crippen molar-refractivity contribution in [2.75, 3.05) is 26.2 Å². The summed E-state index contributed by atoms with van der Waals surface area (Å²) >= 11 is 0. The summed E-state index contributed by atoms with van der Waals surface area (Å²) in [4.78, 5) is 13.7. The average molecular weight is 254 g/mol. The number of benzene rings is 1. The van der Waals surface area contributed by atoms with Crippen LogP contribution in [0, 0.1) is 12.3 Å². The monoisotopic (exact) mass is 254 g/mol. The second-order valence-electron chi connectivity index (χ2n) is 4.49. The van der Waals surface area contributed by atoms with Crippen LogP contribution >= 0.6 is 0 Å². The molecule has 0 bridgehead atoms. The molecule has 1 aliphatic heterocycles. The van der Waals surface area contributed by atoms with Crippen LogP contribution in [-0.4, -0.2) is 37.0 Å². The first-order valence-electron chi connectivity index (χ1n) is 6.47. The van der Waals surface area contributed by atoms with Crippen LogP contribution in [0.5, 0.6) is 0 Å². The number of terminal acetylenes is 1. The molecule has 1 aromatic carbocycles. The van der Waals surface area contributed by atoms with E-state index in [2.05, 4.69) is 29.4 Å². The molecule has 0 spiro atoms.